The van der Waals surface area contributed by atoms with E-state index in [1.54, 1.807) is 0 Å². The number of hydrogen-bond acceptors (Lipinski definition) is 4. The SMILES string of the molecule is C=CCOC(=O)[C@@H]1C(=C)NC(=O)N[C@@H]1c1ccc(OCCC)cc1. The zero-order valence-electron chi connectivity index (χ0n) is 13.7. The molecular weight excluding hydrogens is 308 g/mol. The first kappa shape index (κ1) is 17.6. The fraction of sp³-hybridized carbons (Fsp3) is 0.333. The molecule has 1 aromatic carbocycles. The van der Waals surface area contributed by atoms with E-state index in [1.807, 2.05) is 31.2 Å². The standard InChI is InChI=1S/C18H22N2O4/c1-4-10-23-14-8-6-13(7-9-14)16-15(17(21)24-11-5-2)12(3)19-18(22)20-16/h5-9,15-16H,2-4,10-11H2,1H3,(H2,19,20,22)/t15-,16-/m1/s1. The fourth-order valence-corrected chi connectivity index (χ4v) is 2.46. The summed E-state index contributed by atoms with van der Waals surface area (Å²) in [5, 5.41) is 5.28. The summed E-state index contributed by atoms with van der Waals surface area (Å²) in [6.45, 7) is 10.1. The Bertz CT molecular complexity index is 624. The highest BCUT2D eigenvalue weighted by molar-refractivity contribution is 5.85. The maximum atomic E-state index is 12.3. The average Bonchev–Trinajstić information content (AvgIpc) is 2.57. The monoisotopic (exact) mass is 330 g/mol. The molecule has 1 aliphatic rings. The van der Waals surface area contributed by atoms with Gasteiger partial charge in [0, 0.05) is 5.70 Å². The molecule has 2 rings (SSSR count). The predicted octanol–water partition coefficient (Wildman–Crippen LogP) is 2.69. The maximum absolute atomic E-state index is 12.3. The van der Waals surface area contributed by atoms with E-state index in [0.717, 1.165) is 17.7 Å². The summed E-state index contributed by atoms with van der Waals surface area (Å²) in [6, 6.07) is 6.32. The Morgan fingerprint density at radius 3 is 2.67 bits per heavy atom. The van der Waals surface area contributed by atoms with Crippen molar-refractivity contribution >= 4 is 12.0 Å². The van der Waals surface area contributed by atoms with E-state index in [4.69, 9.17) is 9.47 Å². The van der Waals surface area contributed by atoms with Crippen LogP contribution in [-0.2, 0) is 9.53 Å². The number of carbonyl (C=O) groups excluding carboxylic acids is 2. The van der Waals surface area contributed by atoms with E-state index < -0.39 is 24.0 Å². The van der Waals surface area contributed by atoms with Crippen LogP contribution >= 0.6 is 0 Å². The van der Waals surface area contributed by atoms with E-state index in [1.165, 1.54) is 6.08 Å². The summed E-state index contributed by atoms with van der Waals surface area (Å²) in [5.74, 6) is -0.445. The van der Waals surface area contributed by atoms with Crippen LogP contribution in [0.25, 0.3) is 0 Å². The number of hydrogen-bond donors (Lipinski definition) is 2. The van der Waals surface area contributed by atoms with Gasteiger partial charge in [0.05, 0.1) is 12.6 Å². The fourth-order valence-electron chi connectivity index (χ4n) is 2.46. The van der Waals surface area contributed by atoms with Crippen LogP contribution in [0.5, 0.6) is 5.75 Å². The van der Waals surface area contributed by atoms with Gasteiger partial charge in [-0.2, -0.15) is 0 Å². The molecule has 24 heavy (non-hydrogen) atoms. The lowest BCUT2D eigenvalue weighted by atomic mass is 9.89. The second kappa shape index (κ2) is 8.19. The normalized spacial score (nSPS) is 19.9. The molecule has 0 aliphatic carbocycles. The minimum atomic E-state index is -0.718. The lowest BCUT2D eigenvalue weighted by Crippen LogP contribution is -2.51. The third-order valence-corrected chi connectivity index (χ3v) is 3.58. The van der Waals surface area contributed by atoms with Crippen molar-refractivity contribution in [2.24, 2.45) is 5.92 Å². The molecule has 6 nitrogen and oxygen atoms in total. The molecule has 128 valence electrons. The molecule has 0 spiro atoms. The molecule has 1 heterocycles. The van der Waals surface area contributed by atoms with Gasteiger partial charge in [-0.3, -0.25) is 4.79 Å². The van der Waals surface area contributed by atoms with Crippen LogP contribution in [0.4, 0.5) is 4.79 Å². The summed E-state index contributed by atoms with van der Waals surface area (Å²) >= 11 is 0. The number of rotatable bonds is 7. The molecule has 0 saturated carbocycles. The molecular formula is C18H22N2O4. The zero-order chi connectivity index (χ0) is 17.5. The molecule has 2 atom stereocenters. The van der Waals surface area contributed by atoms with Gasteiger partial charge in [0.25, 0.3) is 0 Å². The van der Waals surface area contributed by atoms with E-state index in [9.17, 15) is 9.59 Å². The Morgan fingerprint density at radius 1 is 1.33 bits per heavy atom. The molecule has 0 aromatic heterocycles. The van der Waals surface area contributed by atoms with Gasteiger partial charge in [-0.1, -0.05) is 38.3 Å². The number of carbonyl (C=O) groups is 2. The summed E-state index contributed by atoms with van der Waals surface area (Å²) in [7, 11) is 0. The minimum absolute atomic E-state index is 0.104. The zero-order valence-corrected chi connectivity index (χ0v) is 13.7. The second-order valence-electron chi connectivity index (χ2n) is 5.42. The van der Waals surface area contributed by atoms with Crippen molar-refractivity contribution in [2.45, 2.75) is 19.4 Å². The first-order valence-corrected chi connectivity index (χ1v) is 7.83. The number of nitrogens with one attached hydrogen (secondary N) is 2. The van der Waals surface area contributed by atoms with E-state index in [0.29, 0.717) is 12.3 Å². The van der Waals surface area contributed by atoms with Crippen LogP contribution in [0.1, 0.15) is 24.9 Å². The Balaban J connectivity index is 2.21. The third kappa shape index (κ3) is 4.16. The van der Waals surface area contributed by atoms with Gasteiger partial charge in [-0.15, -0.1) is 0 Å². The lowest BCUT2D eigenvalue weighted by molar-refractivity contribution is -0.147. The first-order valence-electron chi connectivity index (χ1n) is 7.83. The van der Waals surface area contributed by atoms with Gasteiger partial charge in [0.15, 0.2) is 0 Å². The first-order chi connectivity index (χ1) is 11.6. The highest BCUT2D eigenvalue weighted by atomic mass is 16.5. The largest absolute Gasteiger partial charge is 0.494 e. The van der Waals surface area contributed by atoms with Crippen molar-refractivity contribution in [3.05, 3.63) is 54.8 Å². The molecule has 1 saturated heterocycles. The lowest BCUT2D eigenvalue weighted by Gasteiger charge is -2.33. The van der Waals surface area contributed by atoms with Gasteiger partial charge in [0.2, 0.25) is 0 Å². The molecule has 1 aliphatic heterocycles. The van der Waals surface area contributed by atoms with Gasteiger partial charge >= 0.3 is 12.0 Å². The van der Waals surface area contributed by atoms with Crippen molar-refractivity contribution in [1.82, 2.24) is 10.6 Å². The van der Waals surface area contributed by atoms with Crippen molar-refractivity contribution in [2.75, 3.05) is 13.2 Å². The Kier molecular flexibility index (Phi) is 6.01. The van der Waals surface area contributed by atoms with Gasteiger partial charge in [0.1, 0.15) is 18.3 Å². The molecule has 0 unspecified atom stereocenters. The third-order valence-electron chi connectivity index (χ3n) is 3.58. The molecule has 6 heteroatoms. The topological polar surface area (TPSA) is 76.7 Å². The summed E-state index contributed by atoms with van der Waals surface area (Å²) in [6.07, 6.45) is 2.41. The number of esters is 1. The molecule has 1 aromatic rings. The van der Waals surface area contributed by atoms with E-state index in [2.05, 4.69) is 23.8 Å². The van der Waals surface area contributed by atoms with Crippen LogP contribution in [-0.4, -0.2) is 25.2 Å². The van der Waals surface area contributed by atoms with Gasteiger partial charge in [-0.25, -0.2) is 4.79 Å². The highest BCUT2D eigenvalue weighted by Crippen LogP contribution is 2.31. The van der Waals surface area contributed by atoms with Crippen molar-refractivity contribution in [3.63, 3.8) is 0 Å². The number of ether oxygens (including phenoxy) is 2. The second-order valence-corrected chi connectivity index (χ2v) is 5.42. The Hall–Kier alpha value is -2.76. The number of urea groups is 1. The van der Waals surface area contributed by atoms with Crippen molar-refractivity contribution in [1.29, 1.82) is 0 Å². The molecule has 0 bridgehead atoms. The van der Waals surface area contributed by atoms with Crippen LogP contribution in [0.2, 0.25) is 0 Å². The molecule has 1 fully saturated rings. The summed E-state index contributed by atoms with van der Waals surface area (Å²) < 4.78 is 10.7. The van der Waals surface area contributed by atoms with Gasteiger partial charge < -0.3 is 20.1 Å². The van der Waals surface area contributed by atoms with Crippen molar-refractivity contribution < 1.29 is 19.1 Å². The quantitative estimate of drug-likeness (QED) is 0.595. The predicted molar refractivity (Wildman–Crippen MR) is 90.4 cm³/mol. The molecule has 2 amide bonds. The van der Waals surface area contributed by atoms with Gasteiger partial charge in [-0.05, 0) is 24.1 Å². The van der Waals surface area contributed by atoms with E-state index >= 15 is 0 Å². The Labute approximate surface area is 141 Å². The Morgan fingerprint density at radius 2 is 2.04 bits per heavy atom. The molecule has 2 N–H and O–H groups in total. The average molecular weight is 330 g/mol. The number of amides is 2. The smallest absolute Gasteiger partial charge is 0.319 e. The van der Waals surface area contributed by atoms with E-state index in [-0.39, 0.29) is 6.61 Å². The highest BCUT2D eigenvalue weighted by Gasteiger charge is 2.38. The number of benzene rings is 1. The van der Waals surface area contributed by atoms with Crippen LogP contribution in [0, 0.1) is 5.92 Å². The molecule has 0 radical (unpaired) electrons. The van der Waals surface area contributed by atoms with Crippen molar-refractivity contribution in [3.8, 4) is 5.75 Å². The maximum Gasteiger partial charge on any atom is 0.319 e. The summed E-state index contributed by atoms with van der Waals surface area (Å²) in [5.41, 5.74) is 1.08. The summed E-state index contributed by atoms with van der Waals surface area (Å²) in [4.78, 5) is 24.1. The van der Waals surface area contributed by atoms with Crippen LogP contribution in [0.15, 0.2) is 49.2 Å². The minimum Gasteiger partial charge on any atom is -0.494 e. The van der Waals surface area contributed by atoms with Crippen LogP contribution < -0.4 is 15.4 Å². The van der Waals surface area contributed by atoms with Crippen LogP contribution in [0.3, 0.4) is 0 Å².